The largest absolute Gasteiger partial charge is 0.508 e. The Morgan fingerprint density at radius 2 is 0.788 bits per heavy atom. The van der Waals surface area contributed by atoms with Crippen molar-refractivity contribution in [2.24, 2.45) is 0 Å². The second-order valence-corrected chi connectivity index (χ2v) is 7.19. The van der Waals surface area contributed by atoms with Crippen LogP contribution in [0.25, 0.3) is 0 Å². The summed E-state index contributed by atoms with van der Waals surface area (Å²) in [5, 5.41) is 49.5. The number of carboxylic acid groups (broad SMARTS) is 4. The van der Waals surface area contributed by atoms with Gasteiger partial charge < -0.3 is 30.6 Å². The Hall–Kier alpha value is -4.53. The van der Waals surface area contributed by atoms with Gasteiger partial charge in [0.2, 0.25) is 0 Å². The maximum Gasteiger partial charge on any atom is 0.503 e. The Labute approximate surface area is 189 Å². The molecule has 9 heteroatoms. The molecule has 0 unspecified atom stereocenters. The molecule has 3 aromatic carbocycles. The molecule has 33 heavy (non-hydrogen) atoms. The highest BCUT2D eigenvalue weighted by atomic mass is 16.6. The van der Waals surface area contributed by atoms with Crippen molar-refractivity contribution in [1.29, 1.82) is 0 Å². The number of phenolic OH excluding ortho intramolecular Hbond substituents is 2. The molecule has 0 aliphatic rings. The highest BCUT2D eigenvalue weighted by molar-refractivity contribution is 5.91. The Morgan fingerprint density at radius 3 is 1.00 bits per heavy atom. The van der Waals surface area contributed by atoms with E-state index >= 15 is 0 Å². The van der Waals surface area contributed by atoms with E-state index in [1.54, 1.807) is 24.3 Å². The molecule has 0 fully saturated rings. The molecular weight excluding hydrogens is 432 g/mol. The number of aromatic carboxylic acids is 2. The molecule has 0 aromatic heterocycles. The van der Waals surface area contributed by atoms with Crippen molar-refractivity contribution in [3.8, 4) is 11.5 Å². The summed E-state index contributed by atoms with van der Waals surface area (Å²) in [6.07, 6.45) is -1.83. The smallest absolute Gasteiger partial charge is 0.503 e. The van der Waals surface area contributed by atoms with Crippen molar-refractivity contribution in [3.63, 3.8) is 0 Å². The van der Waals surface area contributed by atoms with E-state index < -0.39 is 18.1 Å². The first-order chi connectivity index (χ1) is 15.3. The van der Waals surface area contributed by atoms with Gasteiger partial charge in [0, 0.05) is 5.41 Å². The van der Waals surface area contributed by atoms with Gasteiger partial charge in [-0.1, -0.05) is 38.1 Å². The fourth-order valence-corrected chi connectivity index (χ4v) is 2.68. The van der Waals surface area contributed by atoms with Gasteiger partial charge in [0.25, 0.3) is 0 Å². The number of benzene rings is 3. The lowest BCUT2D eigenvalue weighted by Crippen LogP contribution is -2.18. The summed E-state index contributed by atoms with van der Waals surface area (Å²) in [7, 11) is 0. The molecule has 0 aliphatic heterocycles. The van der Waals surface area contributed by atoms with Crippen LogP contribution in [0.2, 0.25) is 0 Å². The van der Waals surface area contributed by atoms with Crippen LogP contribution in [0.3, 0.4) is 0 Å². The van der Waals surface area contributed by atoms with Crippen LogP contribution in [0.15, 0.2) is 72.8 Å². The van der Waals surface area contributed by atoms with Crippen LogP contribution in [-0.2, 0) is 5.41 Å². The summed E-state index contributed by atoms with van der Waals surface area (Å²) in [5.41, 5.74) is 2.27. The second-order valence-electron chi connectivity index (χ2n) is 7.19. The summed E-state index contributed by atoms with van der Waals surface area (Å²) in [6, 6.07) is 19.5. The van der Waals surface area contributed by atoms with Crippen molar-refractivity contribution in [2.45, 2.75) is 19.3 Å². The first-order valence-electron chi connectivity index (χ1n) is 9.42. The molecule has 0 radical (unpaired) electrons. The third-order valence-electron chi connectivity index (χ3n) is 4.56. The van der Waals surface area contributed by atoms with E-state index in [2.05, 4.69) is 13.8 Å². The van der Waals surface area contributed by atoms with Crippen molar-refractivity contribution in [3.05, 3.63) is 95.1 Å². The number of carbonyl (C=O) groups is 3. The van der Waals surface area contributed by atoms with E-state index in [1.807, 2.05) is 24.3 Å². The summed E-state index contributed by atoms with van der Waals surface area (Å²) < 4.78 is 0. The van der Waals surface area contributed by atoms with E-state index in [9.17, 15) is 19.8 Å². The van der Waals surface area contributed by atoms with E-state index in [1.165, 1.54) is 24.3 Å². The first kappa shape index (κ1) is 26.5. The maximum absolute atomic E-state index is 10.3. The van der Waals surface area contributed by atoms with Crippen LogP contribution in [0, 0.1) is 0 Å². The topological polar surface area (TPSA) is 173 Å². The third-order valence-corrected chi connectivity index (χ3v) is 4.56. The fraction of sp³-hybridized carbons (Fsp3) is 0.125. The second kappa shape index (κ2) is 11.8. The van der Waals surface area contributed by atoms with Crippen LogP contribution in [0.5, 0.6) is 11.5 Å². The predicted molar refractivity (Wildman–Crippen MR) is 119 cm³/mol. The zero-order valence-corrected chi connectivity index (χ0v) is 17.8. The van der Waals surface area contributed by atoms with Gasteiger partial charge in [-0.05, 0) is 59.7 Å². The van der Waals surface area contributed by atoms with Crippen molar-refractivity contribution >= 4 is 18.1 Å². The SMILES string of the molecule is CC(C)(c1ccc(O)cc1)c1ccc(O)cc1.O=C(O)O.O=C(O)c1ccc(C(=O)O)cc1. The minimum Gasteiger partial charge on any atom is -0.508 e. The standard InChI is InChI=1S/C15H16O2.C8H6O4.CH2O3/c1-15(2,11-3-7-13(16)8-4-11)12-5-9-14(17)10-6-12;9-7(10)5-1-2-6(4-3-5)8(11)12;2-1(3)4/h3-10,16-17H,1-2H3;1-4H,(H,9,10)(H,11,12);(H2,2,3,4). The van der Waals surface area contributed by atoms with E-state index in [4.69, 9.17) is 25.2 Å². The van der Waals surface area contributed by atoms with E-state index in [0.717, 1.165) is 11.1 Å². The highest BCUT2D eigenvalue weighted by Gasteiger charge is 2.22. The lowest BCUT2D eigenvalue weighted by Gasteiger charge is -2.26. The molecule has 0 aliphatic carbocycles. The molecule has 0 spiro atoms. The van der Waals surface area contributed by atoms with Gasteiger partial charge in [-0.2, -0.15) is 0 Å². The molecule has 174 valence electrons. The van der Waals surface area contributed by atoms with Gasteiger partial charge in [0.05, 0.1) is 11.1 Å². The fourth-order valence-electron chi connectivity index (χ4n) is 2.68. The average molecular weight is 456 g/mol. The average Bonchev–Trinajstić information content (AvgIpc) is 2.74. The zero-order chi connectivity index (χ0) is 25.2. The van der Waals surface area contributed by atoms with E-state index in [0.29, 0.717) is 0 Å². The maximum atomic E-state index is 10.3. The molecule has 0 bridgehead atoms. The normalized spacial score (nSPS) is 10.0. The molecule has 9 nitrogen and oxygen atoms in total. The predicted octanol–water partition coefficient (Wildman–Crippen LogP) is 4.73. The molecule has 0 saturated carbocycles. The van der Waals surface area contributed by atoms with E-state index in [-0.39, 0.29) is 28.0 Å². The third kappa shape index (κ3) is 8.62. The first-order valence-corrected chi connectivity index (χ1v) is 9.42. The molecule has 3 rings (SSSR count). The lowest BCUT2D eigenvalue weighted by molar-refractivity contribution is 0.0681. The Balaban J connectivity index is 0.000000297. The molecule has 3 aromatic rings. The summed E-state index contributed by atoms with van der Waals surface area (Å²) >= 11 is 0. The number of hydrogen-bond acceptors (Lipinski definition) is 5. The molecule has 0 amide bonds. The number of aromatic hydroxyl groups is 2. The van der Waals surface area contributed by atoms with Gasteiger partial charge >= 0.3 is 18.1 Å². The molecule has 0 saturated heterocycles. The summed E-state index contributed by atoms with van der Waals surface area (Å²) in [4.78, 5) is 29.2. The highest BCUT2D eigenvalue weighted by Crippen LogP contribution is 2.32. The minimum atomic E-state index is -1.83. The van der Waals surface area contributed by atoms with Gasteiger partial charge in [0.1, 0.15) is 11.5 Å². The van der Waals surface area contributed by atoms with Crippen LogP contribution >= 0.6 is 0 Å². The van der Waals surface area contributed by atoms with Gasteiger partial charge in [0.15, 0.2) is 0 Å². The minimum absolute atomic E-state index is 0.0833. The number of rotatable bonds is 4. The molecule has 0 atom stereocenters. The van der Waals surface area contributed by atoms with Gasteiger partial charge in [-0.3, -0.25) is 0 Å². The Bertz CT molecular complexity index is 984. The molecular formula is C24H24O9. The lowest BCUT2D eigenvalue weighted by atomic mass is 9.78. The van der Waals surface area contributed by atoms with Crippen LogP contribution in [-0.4, -0.2) is 48.7 Å². The molecule has 0 heterocycles. The summed E-state index contributed by atoms with van der Waals surface area (Å²) in [6.45, 7) is 4.23. The van der Waals surface area contributed by atoms with Crippen LogP contribution in [0.4, 0.5) is 4.79 Å². The van der Waals surface area contributed by atoms with Gasteiger partial charge in [-0.15, -0.1) is 0 Å². The van der Waals surface area contributed by atoms with Crippen LogP contribution in [0.1, 0.15) is 45.7 Å². The Morgan fingerprint density at radius 1 is 0.545 bits per heavy atom. The molecule has 6 N–H and O–H groups in total. The van der Waals surface area contributed by atoms with Gasteiger partial charge in [-0.25, -0.2) is 14.4 Å². The number of carboxylic acids is 2. The summed E-state index contributed by atoms with van der Waals surface area (Å²) in [5.74, 6) is -1.58. The van der Waals surface area contributed by atoms with Crippen molar-refractivity contribution in [1.82, 2.24) is 0 Å². The zero-order valence-electron chi connectivity index (χ0n) is 17.8. The monoisotopic (exact) mass is 456 g/mol. The Kier molecular flexibility index (Phi) is 9.44. The van der Waals surface area contributed by atoms with Crippen molar-refractivity contribution in [2.75, 3.05) is 0 Å². The number of hydrogen-bond donors (Lipinski definition) is 6. The quantitative estimate of drug-likeness (QED) is 0.324. The van der Waals surface area contributed by atoms with Crippen LogP contribution < -0.4 is 0 Å². The number of phenols is 2. The van der Waals surface area contributed by atoms with Crippen molar-refractivity contribution < 1.29 is 45.0 Å².